The zero-order chi connectivity index (χ0) is 14.2. The third-order valence-electron chi connectivity index (χ3n) is 2.38. The first-order valence-corrected chi connectivity index (χ1v) is 6.66. The van der Waals surface area contributed by atoms with Crippen LogP contribution in [0.4, 0.5) is 5.82 Å². The zero-order valence-electron chi connectivity index (χ0n) is 9.72. The highest BCUT2D eigenvalue weighted by Gasteiger charge is 2.15. The predicted octanol–water partition coefficient (Wildman–Crippen LogP) is 2.53. The van der Waals surface area contributed by atoms with Crippen LogP contribution in [-0.2, 0) is 7.05 Å². The summed E-state index contributed by atoms with van der Waals surface area (Å²) in [4.78, 5) is 16.5. The van der Waals surface area contributed by atoms with Crippen LogP contribution in [0.5, 0.6) is 6.01 Å². The van der Waals surface area contributed by atoms with Crippen molar-refractivity contribution in [2.45, 2.75) is 9.79 Å². The van der Waals surface area contributed by atoms with Crippen LogP contribution < -0.4 is 11.3 Å². The highest BCUT2D eigenvalue weighted by Crippen LogP contribution is 2.37. The molecule has 0 saturated heterocycles. The van der Waals surface area contributed by atoms with Crippen LogP contribution >= 0.6 is 35.0 Å². The molecule has 100 valence electrons. The largest absolute Gasteiger partial charge is 0.480 e. The standard InChI is InChI=1S/C11H9Cl2N3O2S/c1-16-10(17)8(9(14)15-11(16)18)19-6-4-2-3-5(12)7(6)13/h2-4H,14H2,1H3,(H,15,18). The Morgan fingerprint density at radius 2 is 2.11 bits per heavy atom. The number of nitrogen functional groups attached to an aromatic ring is 1. The van der Waals surface area contributed by atoms with Crippen LogP contribution in [-0.4, -0.2) is 14.7 Å². The van der Waals surface area contributed by atoms with E-state index >= 15 is 0 Å². The van der Waals surface area contributed by atoms with E-state index in [0.717, 1.165) is 16.3 Å². The fourth-order valence-electron chi connectivity index (χ4n) is 1.35. The van der Waals surface area contributed by atoms with Gasteiger partial charge in [0.2, 0.25) is 0 Å². The van der Waals surface area contributed by atoms with E-state index in [1.54, 1.807) is 18.2 Å². The molecule has 3 N–H and O–H groups in total. The van der Waals surface area contributed by atoms with E-state index < -0.39 is 11.6 Å². The maximum atomic E-state index is 12.0. The lowest BCUT2D eigenvalue weighted by atomic mass is 10.4. The Kier molecular flexibility index (Phi) is 3.93. The summed E-state index contributed by atoms with van der Waals surface area (Å²) in [6.07, 6.45) is 0. The summed E-state index contributed by atoms with van der Waals surface area (Å²) in [5, 5.41) is 10.1. The van der Waals surface area contributed by atoms with Gasteiger partial charge < -0.3 is 10.8 Å². The Bertz CT molecular complexity index is 703. The summed E-state index contributed by atoms with van der Waals surface area (Å²) in [5.74, 6) is -0.0540. The van der Waals surface area contributed by atoms with Gasteiger partial charge in [-0.25, -0.2) is 0 Å². The summed E-state index contributed by atoms with van der Waals surface area (Å²) < 4.78 is 0.997. The number of nitrogens with zero attached hydrogens (tertiary/aromatic N) is 2. The Labute approximate surface area is 123 Å². The Morgan fingerprint density at radius 3 is 2.79 bits per heavy atom. The molecule has 2 rings (SSSR count). The van der Waals surface area contributed by atoms with Crippen molar-refractivity contribution in [2.24, 2.45) is 7.05 Å². The average molecular weight is 318 g/mol. The lowest BCUT2D eigenvalue weighted by molar-refractivity contribution is 0.398. The summed E-state index contributed by atoms with van der Waals surface area (Å²) >= 11 is 13.0. The quantitative estimate of drug-likeness (QED) is 0.889. The van der Waals surface area contributed by atoms with Gasteiger partial charge in [0.15, 0.2) is 0 Å². The Balaban J connectivity index is 2.53. The number of nitrogens with two attached hydrogens (primary N) is 1. The zero-order valence-corrected chi connectivity index (χ0v) is 12.1. The molecule has 0 aliphatic heterocycles. The van der Waals surface area contributed by atoms with E-state index in [0.29, 0.717) is 14.9 Å². The number of anilines is 1. The maximum absolute atomic E-state index is 12.0. The second-order valence-corrected chi connectivity index (χ2v) is 5.48. The van der Waals surface area contributed by atoms with Gasteiger partial charge in [-0.3, -0.25) is 9.36 Å². The molecule has 8 heteroatoms. The third-order valence-corrected chi connectivity index (χ3v) is 4.46. The summed E-state index contributed by atoms with van der Waals surface area (Å²) in [6, 6.07) is 4.63. The van der Waals surface area contributed by atoms with Crippen molar-refractivity contribution in [1.29, 1.82) is 0 Å². The molecule has 0 spiro atoms. The van der Waals surface area contributed by atoms with Gasteiger partial charge in [0.25, 0.3) is 11.6 Å². The van der Waals surface area contributed by atoms with E-state index in [1.165, 1.54) is 7.05 Å². The molecular weight excluding hydrogens is 309 g/mol. The minimum atomic E-state index is -0.453. The number of rotatable bonds is 2. The van der Waals surface area contributed by atoms with Gasteiger partial charge in [-0.2, -0.15) is 4.98 Å². The van der Waals surface area contributed by atoms with Crippen LogP contribution in [0.1, 0.15) is 0 Å². The molecule has 0 unspecified atom stereocenters. The van der Waals surface area contributed by atoms with Crippen molar-refractivity contribution in [3.8, 4) is 6.01 Å². The van der Waals surface area contributed by atoms with Crippen molar-refractivity contribution < 1.29 is 5.11 Å². The van der Waals surface area contributed by atoms with E-state index in [1.807, 2.05) is 0 Å². The van der Waals surface area contributed by atoms with Crippen molar-refractivity contribution in [3.05, 3.63) is 38.6 Å². The second-order valence-electron chi connectivity index (χ2n) is 3.64. The molecule has 0 atom stereocenters. The summed E-state index contributed by atoms with van der Waals surface area (Å²) in [7, 11) is 1.40. The molecule has 5 nitrogen and oxygen atoms in total. The monoisotopic (exact) mass is 317 g/mol. The van der Waals surface area contributed by atoms with Gasteiger partial charge >= 0.3 is 0 Å². The van der Waals surface area contributed by atoms with Gasteiger partial charge in [0, 0.05) is 11.9 Å². The van der Waals surface area contributed by atoms with Crippen molar-refractivity contribution in [3.63, 3.8) is 0 Å². The van der Waals surface area contributed by atoms with E-state index in [2.05, 4.69) is 4.98 Å². The molecule has 0 aliphatic carbocycles. The highest BCUT2D eigenvalue weighted by atomic mass is 35.5. The van der Waals surface area contributed by atoms with Crippen LogP contribution in [0.2, 0.25) is 10.0 Å². The number of halogens is 2. The normalized spacial score (nSPS) is 10.7. The SMILES string of the molecule is Cn1c(O)nc(N)c(Sc2cccc(Cl)c2Cl)c1=O. The van der Waals surface area contributed by atoms with Crippen LogP contribution in [0.15, 0.2) is 32.8 Å². The number of aromatic hydroxyl groups is 1. The molecule has 0 amide bonds. The number of hydrogen-bond donors (Lipinski definition) is 2. The fourth-order valence-corrected chi connectivity index (χ4v) is 2.77. The van der Waals surface area contributed by atoms with E-state index in [9.17, 15) is 9.90 Å². The number of aromatic nitrogens is 2. The molecule has 0 aliphatic rings. The molecular formula is C11H9Cl2N3O2S. The van der Waals surface area contributed by atoms with Crippen LogP contribution in [0.25, 0.3) is 0 Å². The first-order chi connectivity index (χ1) is 8.91. The van der Waals surface area contributed by atoms with Crippen molar-refractivity contribution in [1.82, 2.24) is 9.55 Å². The highest BCUT2D eigenvalue weighted by molar-refractivity contribution is 7.99. The molecule has 1 heterocycles. The minimum Gasteiger partial charge on any atom is -0.480 e. The molecule has 19 heavy (non-hydrogen) atoms. The molecule has 0 bridgehead atoms. The lowest BCUT2D eigenvalue weighted by Gasteiger charge is -2.09. The first-order valence-electron chi connectivity index (χ1n) is 5.09. The van der Waals surface area contributed by atoms with Crippen molar-refractivity contribution >= 4 is 40.8 Å². The van der Waals surface area contributed by atoms with Crippen LogP contribution in [0.3, 0.4) is 0 Å². The topological polar surface area (TPSA) is 81.1 Å². The van der Waals surface area contributed by atoms with Crippen molar-refractivity contribution in [2.75, 3.05) is 5.73 Å². The van der Waals surface area contributed by atoms with Gasteiger partial charge in [0.1, 0.15) is 10.7 Å². The Hall–Kier alpha value is -1.37. The molecule has 1 aromatic heterocycles. The predicted molar refractivity (Wildman–Crippen MR) is 76.1 cm³/mol. The lowest BCUT2D eigenvalue weighted by Crippen LogP contribution is -2.21. The smallest absolute Gasteiger partial charge is 0.298 e. The van der Waals surface area contributed by atoms with E-state index in [-0.39, 0.29) is 10.7 Å². The molecule has 0 radical (unpaired) electrons. The average Bonchev–Trinajstić information content (AvgIpc) is 2.37. The fraction of sp³-hybridized carbons (Fsp3) is 0.0909. The van der Waals surface area contributed by atoms with Gasteiger partial charge in [0.05, 0.1) is 10.0 Å². The molecule has 0 saturated carbocycles. The summed E-state index contributed by atoms with van der Waals surface area (Å²) in [5.41, 5.74) is 5.19. The first kappa shape index (κ1) is 14.0. The maximum Gasteiger partial charge on any atom is 0.298 e. The van der Waals surface area contributed by atoms with Gasteiger partial charge in [-0.05, 0) is 12.1 Å². The number of hydrogen-bond acceptors (Lipinski definition) is 5. The van der Waals surface area contributed by atoms with Gasteiger partial charge in [-0.15, -0.1) is 0 Å². The minimum absolute atomic E-state index is 0.0540. The Morgan fingerprint density at radius 1 is 1.42 bits per heavy atom. The van der Waals surface area contributed by atoms with Gasteiger partial charge in [-0.1, -0.05) is 41.0 Å². The molecule has 0 fully saturated rings. The molecule has 2 aromatic rings. The van der Waals surface area contributed by atoms with Crippen LogP contribution in [0, 0.1) is 0 Å². The summed E-state index contributed by atoms with van der Waals surface area (Å²) in [6.45, 7) is 0. The second kappa shape index (κ2) is 5.32. The van der Waals surface area contributed by atoms with E-state index in [4.69, 9.17) is 28.9 Å². The third kappa shape index (κ3) is 2.65. The number of benzene rings is 1. The molecule has 1 aromatic carbocycles.